The number of sulfonamides is 1. The molecule has 170 valence electrons. The number of hydrogen-bond acceptors (Lipinski definition) is 5. The fraction of sp³-hybridized carbons (Fsp3) is 0.360. The minimum atomic E-state index is -3.55. The van der Waals surface area contributed by atoms with Crippen LogP contribution in [-0.2, 0) is 16.6 Å². The smallest absolute Gasteiger partial charge is 0.240 e. The van der Waals surface area contributed by atoms with Gasteiger partial charge < -0.3 is 9.84 Å². The Bertz CT molecular complexity index is 1150. The van der Waals surface area contributed by atoms with E-state index in [1.54, 1.807) is 12.1 Å². The zero-order valence-corrected chi connectivity index (χ0v) is 18.9. The third-order valence-electron chi connectivity index (χ3n) is 5.86. The summed E-state index contributed by atoms with van der Waals surface area (Å²) < 4.78 is 34.1. The van der Waals surface area contributed by atoms with Gasteiger partial charge in [0, 0.05) is 19.6 Å². The molecule has 0 spiro atoms. The van der Waals surface area contributed by atoms with Crippen LogP contribution in [0.1, 0.15) is 18.4 Å². The first-order chi connectivity index (χ1) is 15.5. The topological polar surface area (TPSA) is 78.9 Å². The van der Waals surface area contributed by atoms with Gasteiger partial charge in [-0.15, -0.1) is 0 Å². The first-order valence-electron chi connectivity index (χ1n) is 11.1. The van der Waals surface area contributed by atoms with E-state index in [2.05, 4.69) is 15.7 Å². The minimum absolute atomic E-state index is 0.00680. The van der Waals surface area contributed by atoms with Crippen molar-refractivity contribution in [3.63, 3.8) is 0 Å². The van der Waals surface area contributed by atoms with Gasteiger partial charge in [-0.25, -0.2) is 13.1 Å². The van der Waals surface area contributed by atoms with E-state index in [1.807, 2.05) is 48.5 Å². The molecule has 32 heavy (non-hydrogen) atoms. The number of likely N-dealkylation sites (tertiary alicyclic amines) is 1. The van der Waals surface area contributed by atoms with Crippen LogP contribution in [0.2, 0.25) is 0 Å². The Balaban J connectivity index is 1.34. The van der Waals surface area contributed by atoms with Crippen LogP contribution in [-0.4, -0.2) is 51.3 Å². The lowest BCUT2D eigenvalue weighted by atomic mass is 9.98. The van der Waals surface area contributed by atoms with Gasteiger partial charge in [0.05, 0.1) is 11.5 Å². The monoisotopic (exact) mass is 454 g/mol. The number of hydrogen-bond donors (Lipinski definition) is 2. The lowest BCUT2D eigenvalue weighted by Crippen LogP contribution is -2.40. The lowest BCUT2D eigenvalue weighted by molar-refractivity contribution is 0.168. The number of fused-ring (bicyclic) bond motifs is 1. The zero-order valence-electron chi connectivity index (χ0n) is 18.1. The van der Waals surface area contributed by atoms with E-state index in [9.17, 15) is 8.42 Å². The second-order valence-electron chi connectivity index (χ2n) is 8.32. The number of nitrogens with one attached hydrogen (secondary N) is 1. The first-order valence-corrected chi connectivity index (χ1v) is 12.6. The summed E-state index contributed by atoms with van der Waals surface area (Å²) in [6.07, 6.45) is 2.06. The van der Waals surface area contributed by atoms with E-state index in [-0.39, 0.29) is 19.1 Å². The minimum Gasteiger partial charge on any atom is -0.491 e. The Morgan fingerprint density at radius 3 is 2.72 bits per heavy atom. The van der Waals surface area contributed by atoms with Crippen molar-refractivity contribution >= 4 is 20.8 Å². The first kappa shape index (κ1) is 22.7. The van der Waals surface area contributed by atoms with Crippen LogP contribution >= 0.6 is 0 Å². The second kappa shape index (κ2) is 10.4. The number of aliphatic hydroxyl groups is 1. The summed E-state index contributed by atoms with van der Waals surface area (Å²) in [7, 11) is -3.55. The zero-order chi connectivity index (χ0) is 22.4. The summed E-state index contributed by atoms with van der Waals surface area (Å²) in [4.78, 5) is 2.67. The van der Waals surface area contributed by atoms with Crippen molar-refractivity contribution in [2.24, 2.45) is 5.92 Å². The molecule has 0 aromatic heterocycles. The van der Waals surface area contributed by atoms with Gasteiger partial charge in [-0.05, 0) is 65.9 Å². The van der Waals surface area contributed by atoms with Gasteiger partial charge in [0.2, 0.25) is 10.0 Å². The Labute approximate surface area is 189 Å². The maximum Gasteiger partial charge on any atom is 0.240 e. The SMILES string of the molecule is O=S(=O)(NC[C@@H]1CCCN(Cc2cccc(OCCO)c2)C1)c1ccc2ccccc2c1. The molecule has 0 aliphatic carbocycles. The molecule has 1 atom stereocenters. The van der Waals surface area contributed by atoms with Crippen molar-refractivity contribution in [2.45, 2.75) is 24.3 Å². The maximum atomic E-state index is 12.9. The molecule has 3 aromatic carbocycles. The molecule has 6 nitrogen and oxygen atoms in total. The molecule has 1 saturated heterocycles. The molecule has 3 aromatic rings. The van der Waals surface area contributed by atoms with Crippen molar-refractivity contribution in [1.82, 2.24) is 9.62 Å². The second-order valence-corrected chi connectivity index (χ2v) is 10.1. The standard InChI is InChI=1S/C25H30N2O4S/c28-13-14-31-24-9-3-5-20(15-24)18-27-12-4-6-21(19-27)17-26-32(29,30)25-11-10-22-7-1-2-8-23(22)16-25/h1-3,5,7-11,15-16,21,26,28H,4,6,12-14,17-19H2/t21-/m0/s1. The molecule has 1 aliphatic rings. The molecule has 0 radical (unpaired) electrons. The molecular formula is C25H30N2O4S. The molecule has 7 heteroatoms. The van der Waals surface area contributed by atoms with Gasteiger partial charge in [0.25, 0.3) is 0 Å². The summed E-state index contributed by atoms with van der Waals surface area (Å²) in [6.45, 7) is 3.35. The van der Waals surface area contributed by atoms with Crippen molar-refractivity contribution < 1.29 is 18.3 Å². The van der Waals surface area contributed by atoms with Crippen LogP contribution in [0.4, 0.5) is 0 Å². The molecule has 1 aliphatic heterocycles. The largest absolute Gasteiger partial charge is 0.491 e. The average molecular weight is 455 g/mol. The molecule has 0 unspecified atom stereocenters. The van der Waals surface area contributed by atoms with Crippen molar-refractivity contribution in [3.8, 4) is 5.75 Å². The molecule has 0 bridgehead atoms. The molecule has 1 fully saturated rings. The van der Waals surface area contributed by atoms with E-state index in [1.165, 1.54) is 0 Å². The molecule has 2 N–H and O–H groups in total. The molecule has 1 heterocycles. The number of nitrogens with zero attached hydrogens (tertiary/aromatic N) is 1. The van der Waals surface area contributed by atoms with Crippen molar-refractivity contribution in [2.75, 3.05) is 32.8 Å². The number of benzene rings is 3. The van der Waals surface area contributed by atoms with Gasteiger partial charge in [0.15, 0.2) is 0 Å². The fourth-order valence-electron chi connectivity index (χ4n) is 4.26. The van der Waals surface area contributed by atoms with Crippen LogP contribution in [0, 0.1) is 5.92 Å². The Hall–Kier alpha value is -2.45. The number of aliphatic hydroxyl groups excluding tert-OH is 1. The van der Waals surface area contributed by atoms with Gasteiger partial charge >= 0.3 is 0 Å². The molecular weight excluding hydrogens is 424 g/mol. The van der Waals surface area contributed by atoms with E-state index < -0.39 is 10.0 Å². The maximum absolute atomic E-state index is 12.9. The summed E-state index contributed by atoms with van der Waals surface area (Å²) in [6, 6.07) is 20.9. The highest BCUT2D eigenvalue weighted by Crippen LogP contribution is 2.22. The van der Waals surface area contributed by atoms with Gasteiger partial charge in [-0.3, -0.25) is 4.90 Å². The quantitative estimate of drug-likeness (QED) is 0.518. The van der Waals surface area contributed by atoms with Gasteiger partial charge in [-0.1, -0.05) is 42.5 Å². The van der Waals surface area contributed by atoms with Crippen LogP contribution in [0.5, 0.6) is 5.75 Å². The summed E-state index contributed by atoms with van der Waals surface area (Å²) in [5, 5.41) is 10.9. The summed E-state index contributed by atoms with van der Waals surface area (Å²) in [5.41, 5.74) is 1.15. The highest BCUT2D eigenvalue weighted by Gasteiger charge is 2.23. The average Bonchev–Trinajstić information content (AvgIpc) is 2.82. The van der Waals surface area contributed by atoms with Crippen LogP contribution in [0.15, 0.2) is 71.6 Å². The van der Waals surface area contributed by atoms with Gasteiger partial charge in [-0.2, -0.15) is 0 Å². The number of rotatable bonds is 9. The third-order valence-corrected chi connectivity index (χ3v) is 7.28. The highest BCUT2D eigenvalue weighted by atomic mass is 32.2. The number of ether oxygens (including phenoxy) is 1. The normalized spacial score (nSPS) is 17.5. The molecule has 4 rings (SSSR count). The Kier molecular flexibility index (Phi) is 7.42. The predicted octanol–water partition coefficient (Wildman–Crippen LogP) is 3.40. The van der Waals surface area contributed by atoms with Crippen LogP contribution in [0.3, 0.4) is 0 Å². The van der Waals surface area contributed by atoms with E-state index in [4.69, 9.17) is 9.84 Å². The number of piperidine rings is 1. The van der Waals surface area contributed by atoms with Crippen molar-refractivity contribution in [3.05, 3.63) is 72.3 Å². The van der Waals surface area contributed by atoms with Crippen molar-refractivity contribution in [1.29, 1.82) is 0 Å². The van der Waals surface area contributed by atoms with E-state index in [0.717, 1.165) is 54.6 Å². The predicted molar refractivity (Wildman–Crippen MR) is 126 cm³/mol. The summed E-state index contributed by atoms with van der Waals surface area (Å²) in [5.74, 6) is 1.03. The van der Waals surface area contributed by atoms with E-state index >= 15 is 0 Å². The van der Waals surface area contributed by atoms with Crippen LogP contribution in [0.25, 0.3) is 10.8 Å². The summed E-state index contributed by atoms with van der Waals surface area (Å²) >= 11 is 0. The van der Waals surface area contributed by atoms with Gasteiger partial charge in [0.1, 0.15) is 12.4 Å². The lowest BCUT2D eigenvalue weighted by Gasteiger charge is -2.32. The Morgan fingerprint density at radius 2 is 1.88 bits per heavy atom. The fourth-order valence-corrected chi connectivity index (χ4v) is 5.41. The Morgan fingerprint density at radius 1 is 1.03 bits per heavy atom. The highest BCUT2D eigenvalue weighted by molar-refractivity contribution is 7.89. The van der Waals surface area contributed by atoms with E-state index in [0.29, 0.717) is 11.4 Å². The third kappa shape index (κ3) is 5.86. The van der Waals surface area contributed by atoms with Crippen LogP contribution < -0.4 is 9.46 Å². The molecule has 0 amide bonds. The molecule has 0 saturated carbocycles.